The van der Waals surface area contributed by atoms with Crippen LogP contribution >= 0.6 is 0 Å². The van der Waals surface area contributed by atoms with Crippen molar-refractivity contribution in [2.24, 2.45) is 0 Å². The second-order valence-electron chi connectivity index (χ2n) is 5.18. The molecule has 1 atom stereocenters. The van der Waals surface area contributed by atoms with Gasteiger partial charge in [0.2, 0.25) is 0 Å². The molecule has 0 aromatic heterocycles. The lowest BCUT2D eigenvalue weighted by Crippen LogP contribution is -2.40. The Bertz CT molecular complexity index is 456. The lowest BCUT2D eigenvalue weighted by atomic mass is 10.1. The van der Waals surface area contributed by atoms with Crippen molar-refractivity contribution < 1.29 is 9.84 Å². The number of nitrogens with zero attached hydrogens (tertiary/aromatic N) is 2. The van der Waals surface area contributed by atoms with E-state index in [1.165, 1.54) is 19.3 Å². The number of nitriles is 1. The van der Waals surface area contributed by atoms with Gasteiger partial charge in [-0.1, -0.05) is 25.0 Å². The number of rotatable bonds is 5. The van der Waals surface area contributed by atoms with E-state index in [0.717, 1.165) is 19.5 Å². The molecule has 1 saturated heterocycles. The van der Waals surface area contributed by atoms with Crippen LogP contribution in [0.25, 0.3) is 0 Å². The molecule has 1 heterocycles. The van der Waals surface area contributed by atoms with Crippen molar-refractivity contribution in [2.75, 3.05) is 26.3 Å². The molecule has 0 saturated carbocycles. The van der Waals surface area contributed by atoms with Crippen LogP contribution in [0.3, 0.4) is 0 Å². The molecule has 4 nitrogen and oxygen atoms in total. The highest BCUT2D eigenvalue weighted by molar-refractivity contribution is 5.42. The summed E-state index contributed by atoms with van der Waals surface area (Å²) in [6, 6.07) is 9.69. The number of para-hydroxylation sites is 1. The Kier molecular flexibility index (Phi) is 5.85. The van der Waals surface area contributed by atoms with E-state index in [0.29, 0.717) is 17.9 Å². The fraction of sp³-hybridized carbons (Fsp3) is 0.562. The Balaban J connectivity index is 1.86. The summed E-state index contributed by atoms with van der Waals surface area (Å²) in [7, 11) is 0. The number of likely N-dealkylation sites (tertiary alicyclic amines) is 1. The lowest BCUT2D eigenvalue weighted by molar-refractivity contribution is 0.108. The number of hydrogen-bond acceptors (Lipinski definition) is 4. The average Bonchev–Trinajstić information content (AvgIpc) is 2.72. The Hall–Kier alpha value is -1.57. The number of benzene rings is 1. The van der Waals surface area contributed by atoms with E-state index in [2.05, 4.69) is 11.0 Å². The standard InChI is InChI=1S/C16H22N2O2/c17-12-14-6-3-4-8-16(14)20-11-10-18-9-5-1-2-7-15(18)13-19/h3-4,6,8,15,19H,1-2,5,7,9-11,13H2. The van der Waals surface area contributed by atoms with Crippen LogP contribution in [0.15, 0.2) is 24.3 Å². The van der Waals surface area contributed by atoms with Gasteiger partial charge in [-0.25, -0.2) is 0 Å². The highest BCUT2D eigenvalue weighted by atomic mass is 16.5. The maximum Gasteiger partial charge on any atom is 0.137 e. The lowest BCUT2D eigenvalue weighted by Gasteiger charge is -2.28. The summed E-state index contributed by atoms with van der Waals surface area (Å²) in [5.74, 6) is 0.644. The third-order valence-corrected chi connectivity index (χ3v) is 3.85. The van der Waals surface area contributed by atoms with Crippen molar-refractivity contribution >= 4 is 0 Å². The fourth-order valence-electron chi connectivity index (χ4n) is 2.70. The second kappa shape index (κ2) is 7.88. The van der Waals surface area contributed by atoms with Crippen LogP contribution < -0.4 is 4.74 Å². The van der Waals surface area contributed by atoms with Gasteiger partial charge >= 0.3 is 0 Å². The van der Waals surface area contributed by atoms with Gasteiger partial charge in [0.1, 0.15) is 18.4 Å². The minimum atomic E-state index is 0.217. The molecule has 0 spiro atoms. The molecule has 108 valence electrons. The zero-order chi connectivity index (χ0) is 14.2. The van der Waals surface area contributed by atoms with E-state index in [-0.39, 0.29) is 12.6 Å². The van der Waals surface area contributed by atoms with Gasteiger partial charge in [-0.15, -0.1) is 0 Å². The zero-order valence-corrected chi connectivity index (χ0v) is 11.8. The normalized spacial score (nSPS) is 20.1. The van der Waals surface area contributed by atoms with E-state index in [1.54, 1.807) is 6.07 Å². The maximum absolute atomic E-state index is 9.46. The van der Waals surface area contributed by atoms with Gasteiger partial charge in [-0.05, 0) is 31.5 Å². The molecule has 0 radical (unpaired) electrons. The molecule has 1 fully saturated rings. The molecule has 0 aliphatic carbocycles. The van der Waals surface area contributed by atoms with Gasteiger partial charge in [-0.3, -0.25) is 4.90 Å². The van der Waals surface area contributed by atoms with Gasteiger partial charge in [0.25, 0.3) is 0 Å². The topological polar surface area (TPSA) is 56.5 Å². The van der Waals surface area contributed by atoms with E-state index in [9.17, 15) is 5.11 Å². The average molecular weight is 274 g/mol. The summed E-state index contributed by atoms with van der Waals surface area (Å²) < 4.78 is 5.72. The second-order valence-corrected chi connectivity index (χ2v) is 5.18. The number of hydrogen-bond donors (Lipinski definition) is 1. The molecule has 0 amide bonds. The van der Waals surface area contributed by atoms with Crippen molar-refractivity contribution in [3.8, 4) is 11.8 Å². The summed E-state index contributed by atoms with van der Waals surface area (Å²) in [5, 5.41) is 18.5. The van der Waals surface area contributed by atoms with Crippen LogP contribution in [0.5, 0.6) is 5.75 Å². The Morgan fingerprint density at radius 1 is 1.30 bits per heavy atom. The highest BCUT2D eigenvalue weighted by Crippen LogP contribution is 2.18. The molecule has 1 aliphatic heterocycles. The molecular formula is C16H22N2O2. The minimum absolute atomic E-state index is 0.217. The van der Waals surface area contributed by atoms with E-state index < -0.39 is 0 Å². The van der Waals surface area contributed by atoms with Gasteiger partial charge < -0.3 is 9.84 Å². The smallest absolute Gasteiger partial charge is 0.137 e. The number of aliphatic hydroxyl groups excluding tert-OH is 1. The first-order chi connectivity index (χ1) is 9.85. The molecule has 20 heavy (non-hydrogen) atoms. The van der Waals surface area contributed by atoms with Crippen molar-refractivity contribution in [3.05, 3.63) is 29.8 Å². The highest BCUT2D eigenvalue weighted by Gasteiger charge is 2.19. The SMILES string of the molecule is N#Cc1ccccc1OCCN1CCCCCC1CO. The number of aliphatic hydroxyl groups is 1. The fourth-order valence-corrected chi connectivity index (χ4v) is 2.70. The van der Waals surface area contributed by atoms with E-state index in [1.807, 2.05) is 18.2 Å². The molecule has 2 rings (SSSR count). The van der Waals surface area contributed by atoms with Gasteiger partial charge in [0.15, 0.2) is 0 Å². The summed E-state index contributed by atoms with van der Waals surface area (Å²) >= 11 is 0. The summed E-state index contributed by atoms with van der Waals surface area (Å²) in [4.78, 5) is 2.31. The molecule has 1 unspecified atom stereocenters. The van der Waals surface area contributed by atoms with Crippen LogP contribution in [0.1, 0.15) is 31.2 Å². The van der Waals surface area contributed by atoms with Crippen molar-refractivity contribution in [2.45, 2.75) is 31.7 Å². The quantitative estimate of drug-likeness (QED) is 0.894. The largest absolute Gasteiger partial charge is 0.491 e. The Labute approximate surface area is 120 Å². The monoisotopic (exact) mass is 274 g/mol. The van der Waals surface area contributed by atoms with Crippen LogP contribution in [0.2, 0.25) is 0 Å². The van der Waals surface area contributed by atoms with Crippen LogP contribution in [-0.2, 0) is 0 Å². The summed E-state index contributed by atoms with van der Waals surface area (Å²) in [5.41, 5.74) is 0.571. The first-order valence-corrected chi connectivity index (χ1v) is 7.32. The molecule has 0 bridgehead atoms. The van der Waals surface area contributed by atoms with E-state index >= 15 is 0 Å². The maximum atomic E-state index is 9.46. The minimum Gasteiger partial charge on any atom is -0.491 e. The van der Waals surface area contributed by atoms with Crippen LogP contribution in [-0.4, -0.2) is 42.4 Å². The molecular weight excluding hydrogens is 252 g/mol. The first kappa shape index (κ1) is 14.8. The number of ether oxygens (including phenoxy) is 1. The first-order valence-electron chi connectivity index (χ1n) is 7.32. The van der Waals surface area contributed by atoms with Crippen molar-refractivity contribution in [1.29, 1.82) is 5.26 Å². The predicted molar refractivity (Wildman–Crippen MR) is 77.6 cm³/mol. The van der Waals surface area contributed by atoms with Gasteiger partial charge in [-0.2, -0.15) is 5.26 Å². The third kappa shape index (κ3) is 3.96. The predicted octanol–water partition coefficient (Wildman–Crippen LogP) is 2.17. The van der Waals surface area contributed by atoms with Crippen LogP contribution in [0.4, 0.5) is 0 Å². The summed E-state index contributed by atoms with van der Waals surface area (Å²) in [6.07, 6.45) is 4.68. The Morgan fingerprint density at radius 2 is 2.15 bits per heavy atom. The third-order valence-electron chi connectivity index (χ3n) is 3.85. The Morgan fingerprint density at radius 3 is 2.95 bits per heavy atom. The summed E-state index contributed by atoms with van der Waals surface area (Å²) in [6.45, 7) is 2.59. The van der Waals surface area contributed by atoms with Crippen molar-refractivity contribution in [1.82, 2.24) is 4.90 Å². The molecule has 1 aliphatic rings. The van der Waals surface area contributed by atoms with Crippen LogP contribution in [0, 0.1) is 11.3 Å². The van der Waals surface area contributed by atoms with Gasteiger partial charge in [0.05, 0.1) is 12.2 Å². The van der Waals surface area contributed by atoms with Gasteiger partial charge in [0, 0.05) is 12.6 Å². The zero-order valence-electron chi connectivity index (χ0n) is 11.8. The molecule has 4 heteroatoms. The molecule has 1 N–H and O–H groups in total. The molecule has 1 aromatic carbocycles. The molecule has 1 aromatic rings. The van der Waals surface area contributed by atoms with E-state index in [4.69, 9.17) is 10.00 Å². The van der Waals surface area contributed by atoms with Crippen molar-refractivity contribution in [3.63, 3.8) is 0 Å².